The molecule has 0 aliphatic carbocycles. The molecule has 158 valence electrons. The van der Waals surface area contributed by atoms with Gasteiger partial charge >= 0.3 is 0 Å². The summed E-state index contributed by atoms with van der Waals surface area (Å²) in [5, 5.41) is 0. The first-order valence-electron chi connectivity index (χ1n) is 10.2. The van der Waals surface area contributed by atoms with Crippen LogP contribution in [0, 0.1) is 12.7 Å². The molecule has 0 spiro atoms. The van der Waals surface area contributed by atoms with Gasteiger partial charge in [0.15, 0.2) is 0 Å². The van der Waals surface area contributed by atoms with Gasteiger partial charge in [-0.1, -0.05) is 24.3 Å². The molecule has 5 nitrogen and oxygen atoms in total. The first-order chi connectivity index (χ1) is 13.9. The number of piperazine rings is 1. The van der Waals surface area contributed by atoms with Crippen molar-refractivity contribution in [2.45, 2.75) is 25.5 Å². The van der Waals surface area contributed by atoms with Gasteiger partial charge in [-0.2, -0.15) is 0 Å². The van der Waals surface area contributed by atoms with Gasteiger partial charge < -0.3 is 4.90 Å². The first-order valence-corrected chi connectivity index (χ1v) is 11.8. The number of nitrogens with one attached hydrogen (secondary N) is 1. The molecule has 1 fully saturated rings. The Morgan fingerprint density at radius 2 is 1.72 bits per heavy atom. The van der Waals surface area contributed by atoms with Gasteiger partial charge in [-0.05, 0) is 61.7 Å². The van der Waals surface area contributed by atoms with E-state index >= 15 is 0 Å². The molecule has 7 heteroatoms. The molecule has 29 heavy (non-hydrogen) atoms. The van der Waals surface area contributed by atoms with Crippen molar-refractivity contribution in [1.29, 1.82) is 0 Å². The minimum atomic E-state index is -3.39. The lowest BCUT2D eigenvalue weighted by Crippen LogP contribution is -2.46. The normalized spacial score (nSPS) is 15.6. The molecule has 0 saturated carbocycles. The number of hydrogen-bond acceptors (Lipinski definition) is 4. The average molecular weight is 420 g/mol. The lowest BCUT2D eigenvalue weighted by Gasteiger charge is -2.36. The summed E-state index contributed by atoms with van der Waals surface area (Å²) < 4.78 is 39.8. The van der Waals surface area contributed by atoms with Crippen molar-refractivity contribution in [2.75, 3.05) is 44.2 Å². The fourth-order valence-corrected chi connectivity index (χ4v) is 4.78. The zero-order chi connectivity index (χ0) is 20.7. The van der Waals surface area contributed by atoms with Gasteiger partial charge in [0.25, 0.3) is 0 Å². The summed E-state index contributed by atoms with van der Waals surface area (Å²) in [5.41, 5.74) is 3.16. The van der Waals surface area contributed by atoms with Gasteiger partial charge in [0.05, 0.1) is 5.75 Å². The Kier molecular flexibility index (Phi) is 7.64. The van der Waals surface area contributed by atoms with Crippen molar-refractivity contribution in [1.82, 2.24) is 9.62 Å². The van der Waals surface area contributed by atoms with E-state index in [1.165, 1.54) is 35.5 Å². The third-order valence-electron chi connectivity index (χ3n) is 5.23. The molecular formula is C22H30FN3O2S. The Labute approximate surface area is 173 Å². The highest BCUT2D eigenvalue weighted by molar-refractivity contribution is 7.88. The van der Waals surface area contributed by atoms with Crippen molar-refractivity contribution in [3.05, 3.63) is 65.5 Å². The van der Waals surface area contributed by atoms with Crippen LogP contribution < -0.4 is 9.62 Å². The van der Waals surface area contributed by atoms with Gasteiger partial charge in [-0.15, -0.1) is 0 Å². The molecule has 0 atom stereocenters. The predicted octanol–water partition coefficient (Wildman–Crippen LogP) is 3.16. The molecule has 0 bridgehead atoms. The summed E-state index contributed by atoms with van der Waals surface area (Å²) in [4.78, 5) is 4.87. The summed E-state index contributed by atoms with van der Waals surface area (Å²) >= 11 is 0. The minimum Gasteiger partial charge on any atom is -0.369 e. The second-order valence-electron chi connectivity index (χ2n) is 7.65. The summed E-state index contributed by atoms with van der Waals surface area (Å²) in [6.07, 6.45) is 1.77. The highest BCUT2D eigenvalue weighted by Gasteiger charge is 2.17. The smallest absolute Gasteiger partial charge is 0.215 e. The molecule has 0 unspecified atom stereocenters. The van der Waals surface area contributed by atoms with E-state index in [4.69, 9.17) is 0 Å². The molecule has 1 aliphatic rings. The summed E-state index contributed by atoms with van der Waals surface area (Å²) in [7, 11) is -3.39. The molecular weight excluding hydrogens is 389 g/mol. The third-order valence-corrected chi connectivity index (χ3v) is 6.59. The molecule has 2 aromatic rings. The maximum atomic E-state index is 12.9. The van der Waals surface area contributed by atoms with E-state index in [2.05, 4.69) is 45.7 Å². The minimum absolute atomic E-state index is 0.117. The van der Waals surface area contributed by atoms with Crippen LogP contribution in [-0.2, 0) is 15.8 Å². The molecule has 0 aromatic heterocycles. The average Bonchev–Trinajstić information content (AvgIpc) is 2.70. The van der Waals surface area contributed by atoms with Crippen LogP contribution in [0.1, 0.15) is 24.0 Å². The number of aryl methyl sites for hydroxylation is 1. The van der Waals surface area contributed by atoms with Crippen LogP contribution >= 0.6 is 0 Å². The molecule has 3 rings (SSSR count). The number of anilines is 1. The number of hydrogen-bond donors (Lipinski definition) is 1. The Morgan fingerprint density at radius 3 is 2.41 bits per heavy atom. The van der Waals surface area contributed by atoms with Crippen LogP contribution in [0.2, 0.25) is 0 Å². The Hall–Kier alpha value is -1.96. The van der Waals surface area contributed by atoms with Gasteiger partial charge in [0.1, 0.15) is 5.82 Å². The van der Waals surface area contributed by atoms with Crippen LogP contribution in [0.15, 0.2) is 48.5 Å². The highest BCUT2D eigenvalue weighted by Crippen LogP contribution is 2.18. The van der Waals surface area contributed by atoms with Crippen LogP contribution in [-0.4, -0.2) is 52.6 Å². The van der Waals surface area contributed by atoms with Crippen molar-refractivity contribution in [2.24, 2.45) is 0 Å². The second kappa shape index (κ2) is 10.2. The van der Waals surface area contributed by atoms with Crippen LogP contribution in [0.25, 0.3) is 0 Å². The molecule has 1 heterocycles. The van der Waals surface area contributed by atoms with Crippen LogP contribution in [0.4, 0.5) is 10.1 Å². The van der Waals surface area contributed by atoms with Gasteiger partial charge in [-0.3, -0.25) is 4.90 Å². The Morgan fingerprint density at radius 1 is 1.00 bits per heavy atom. The van der Waals surface area contributed by atoms with Gasteiger partial charge in [0, 0.05) is 38.4 Å². The third kappa shape index (κ3) is 7.10. The predicted molar refractivity (Wildman–Crippen MR) is 116 cm³/mol. The van der Waals surface area contributed by atoms with Crippen LogP contribution in [0.5, 0.6) is 0 Å². The molecule has 2 aromatic carbocycles. The lowest BCUT2D eigenvalue weighted by atomic mass is 10.2. The second-order valence-corrected chi connectivity index (χ2v) is 9.46. The number of benzene rings is 2. The van der Waals surface area contributed by atoms with E-state index in [1.807, 2.05) is 0 Å². The number of sulfonamides is 1. The summed E-state index contributed by atoms with van der Waals surface area (Å²) in [5.74, 6) is -0.479. The van der Waals surface area contributed by atoms with Gasteiger partial charge in [-0.25, -0.2) is 17.5 Å². The first kappa shape index (κ1) is 21.7. The molecule has 1 saturated heterocycles. The van der Waals surface area contributed by atoms with Crippen molar-refractivity contribution in [3.63, 3.8) is 0 Å². The summed E-state index contributed by atoms with van der Waals surface area (Å²) in [6.45, 7) is 7.65. The van der Waals surface area contributed by atoms with Crippen LogP contribution in [0.3, 0.4) is 0 Å². The molecule has 1 N–H and O–H groups in total. The molecule has 1 aliphatic heterocycles. The quantitative estimate of drug-likeness (QED) is 0.635. The number of halogens is 1. The maximum Gasteiger partial charge on any atom is 0.215 e. The standard InChI is InChI=1S/C22H30FN3O2S/c1-19-5-4-6-22(17-19)26-15-13-25(14-16-26)12-3-2-11-24-29(27,28)18-20-7-9-21(23)10-8-20/h4-10,17,24H,2-3,11-16,18H2,1H3. The zero-order valence-corrected chi connectivity index (χ0v) is 17.8. The molecule has 0 radical (unpaired) electrons. The SMILES string of the molecule is Cc1cccc(N2CCN(CCCCNS(=O)(=O)Cc3ccc(F)cc3)CC2)c1. The van der Waals surface area contributed by atoms with E-state index in [0.29, 0.717) is 12.1 Å². The Balaban J connectivity index is 1.31. The summed E-state index contributed by atoms with van der Waals surface area (Å²) in [6, 6.07) is 14.2. The van der Waals surface area contributed by atoms with E-state index in [0.717, 1.165) is 45.6 Å². The van der Waals surface area contributed by atoms with E-state index in [9.17, 15) is 12.8 Å². The molecule has 0 amide bonds. The monoisotopic (exact) mass is 419 g/mol. The maximum absolute atomic E-state index is 12.9. The Bertz CT molecular complexity index is 879. The van der Waals surface area contributed by atoms with Gasteiger partial charge in [0.2, 0.25) is 10.0 Å². The topological polar surface area (TPSA) is 52.6 Å². The fraction of sp³-hybridized carbons (Fsp3) is 0.455. The van der Waals surface area contributed by atoms with Crippen molar-refractivity contribution in [3.8, 4) is 0 Å². The van der Waals surface area contributed by atoms with Crippen molar-refractivity contribution >= 4 is 15.7 Å². The van der Waals surface area contributed by atoms with E-state index in [1.54, 1.807) is 0 Å². The van der Waals surface area contributed by atoms with E-state index < -0.39 is 10.0 Å². The fourth-order valence-electron chi connectivity index (χ4n) is 3.59. The van der Waals surface area contributed by atoms with Crippen molar-refractivity contribution < 1.29 is 12.8 Å². The largest absolute Gasteiger partial charge is 0.369 e. The zero-order valence-electron chi connectivity index (χ0n) is 17.0. The van der Waals surface area contributed by atoms with E-state index in [-0.39, 0.29) is 11.6 Å². The number of rotatable bonds is 9. The number of nitrogens with zero attached hydrogens (tertiary/aromatic N) is 2. The lowest BCUT2D eigenvalue weighted by molar-refractivity contribution is 0.253. The number of unbranched alkanes of at least 4 members (excludes halogenated alkanes) is 1. The highest BCUT2D eigenvalue weighted by atomic mass is 32.2.